The molecule has 2 rings (SSSR count). The highest BCUT2D eigenvalue weighted by Gasteiger charge is 2.27. The number of carbonyl (C=O) groups excluding carboxylic acids is 2. The van der Waals surface area contributed by atoms with Gasteiger partial charge in [-0.15, -0.1) is 0 Å². The maximum Gasteiger partial charge on any atom is 0.224 e. The summed E-state index contributed by atoms with van der Waals surface area (Å²) < 4.78 is 0. The number of benzene rings is 1. The molecule has 5 nitrogen and oxygen atoms in total. The quantitative estimate of drug-likeness (QED) is 0.673. The van der Waals surface area contributed by atoms with Crippen LogP contribution < -0.4 is 11.1 Å². The summed E-state index contributed by atoms with van der Waals surface area (Å²) >= 11 is 0. The fraction of sp³-hybridized carbons (Fsp3) is 0.652. The van der Waals surface area contributed by atoms with E-state index < -0.39 is 0 Å². The van der Waals surface area contributed by atoms with E-state index in [0.29, 0.717) is 26.1 Å². The number of nitrogens with zero attached hydrogens (tertiary/aromatic N) is 1. The Balaban J connectivity index is 1.71. The van der Waals surface area contributed by atoms with Crippen LogP contribution in [0.4, 0.5) is 0 Å². The Kier molecular flexibility index (Phi) is 8.49. The van der Waals surface area contributed by atoms with E-state index in [4.69, 9.17) is 5.73 Å². The number of nitrogens with two attached hydrogens (primary N) is 1. The predicted molar refractivity (Wildman–Crippen MR) is 114 cm³/mol. The summed E-state index contributed by atoms with van der Waals surface area (Å²) in [6.45, 7) is 8.93. The van der Waals surface area contributed by atoms with E-state index in [1.807, 2.05) is 4.90 Å². The lowest BCUT2D eigenvalue weighted by Gasteiger charge is -2.32. The molecule has 1 aromatic carbocycles. The number of unbranched alkanes of at least 4 members (excludes halogenated alkanes) is 1. The van der Waals surface area contributed by atoms with Gasteiger partial charge in [0, 0.05) is 32.6 Å². The molecular weight excluding hydrogens is 350 g/mol. The average molecular weight is 388 g/mol. The Bertz CT molecular complexity index is 634. The smallest absolute Gasteiger partial charge is 0.224 e. The van der Waals surface area contributed by atoms with Crippen LogP contribution in [0.5, 0.6) is 0 Å². The SMILES string of the molecule is CC(C)(C)c1ccc(CCCCC(=O)N2CCCC(C(=O)NCCN)C2)cc1. The fourth-order valence-electron chi connectivity index (χ4n) is 3.69. The summed E-state index contributed by atoms with van der Waals surface area (Å²) in [6.07, 6.45) is 5.21. The molecule has 0 spiro atoms. The third-order valence-corrected chi connectivity index (χ3v) is 5.51. The summed E-state index contributed by atoms with van der Waals surface area (Å²) in [5.41, 5.74) is 8.30. The van der Waals surface area contributed by atoms with Crippen molar-refractivity contribution < 1.29 is 9.59 Å². The van der Waals surface area contributed by atoms with Gasteiger partial charge in [0.25, 0.3) is 0 Å². The fourth-order valence-corrected chi connectivity index (χ4v) is 3.69. The van der Waals surface area contributed by atoms with Crippen molar-refractivity contribution in [2.24, 2.45) is 11.7 Å². The number of piperidine rings is 1. The molecule has 0 bridgehead atoms. The van der Waals surface area contributed by atoms with E-state index in [1.165, 1.54) is 11.1 Å². The minimum Gasteiger partial charge on any atom is -0.355 e. The van der Waals surface area contributed by atoms with Crippen molar-refractivity contribution in [3.05, 3.63) is 35.4 Å². The summed E-state index contributed by atoms with van der Waals surface area (Å²) in [5, 5.41) is 2.84. The van der Waals surface area contributed by atoms with Gasteiger partial charge in [-0.25, -0.2) is 0 Å². The lowest BCUT2D eigenvalue weighted by atomic mass is 9.86. The van der Waals surface area contributed by atoms with Gasteiger partial charge in [0.15, 0.2) is 0 Å². The molecular formula is C23H37N3O2. The number of amides is 2. The molecule has 0 aromatic heterocycles. The topological polar surface area (TPSA) is 75.4 Å². The number of rotatable bonds is 8. The molecule has 1 aliphatic heterocycles. The Morgan fingerprint density at radius 1 is 1.18 bits per heavy atom. The van der Waals surface area contributed by atoms with Crippen LogP contribution in [0.3, 0.4) is 0 Å². The molecule has 1 unspecified atom stereocenters. The summed E-state index contributed by atoms with van der Waals surface area (Å²) in [6, 6.07) is 8.84. The standard InChI is InChI=1S/C23H37N3O2/c1-23(2,3)20-12-10-18(11-13-20)7-4-5-9-21(27)26-16-6-8-19(17-26)22(28)25-15-14-24/h10-13,19H,4-9,14-17,24H2,1-3H3,(H,25,28). The largest absolute Gasteiger partial charge is 0.355 e. The second-order valence-corrected chi connectivity index (χ2v) is 8.91. The summed E-state index contributed by atoms with van der Waals surface area (Å²) in [5.74, 6) is 0.117. The van der Waals surface area contributed by atoms with Crippen LogP contribution in [0, 0.1) is 5.92 Å². The normalized spacial score (nSPS) is 17.4. The van der Waals surface area contributed by atoms with Gasteiger partial charge in [-0.1, -0.05) is 45.0 Å². The van der Waals surface area contributed by atoms with Crippen molar-refractivity contribution in [1.29, 1.82) is 0 Å². The molecule has 1 aromatic rings. The first-order valence-electron chi connectivity index (χ1n) is 10.7. The van der Waals surface area contributed by atoms with Gasteiger partial charge < -0.3 is 16.0 Å². The van der Waals surface area contributed by atoms with Gasteiger partial charge in [-0.3, -0.25) is 9.59 Å². The van der Waals surface area contributed by atoms with Crippen LogP contribution in [0.2, 0.25) is 0 Å². The van der Waals surface area contributed by atoms with E-state index in [-0.39, 0.29) is 23.1 Å². The van der Waals surface area contributed by atoms with E-state index in [9.17, 15) is 9.59 Å². The highest BCUT2D eigenvalue weighted by atomic mass is 16.2. The lowest BCUT2D eigenvalue weighted by Crippen LogP contribution is -2.46. The molecule has 1 saturated heterocycles. The van der Waals surface area contributed by atoms with Crippen molar-refractivity contribution in [3.63, 3.8) is 0 Å². The third kappa shape index (κ3) is 6.93. The first-order chi connectivity index (χ1) is 13.3. The molecule has 5 heteroatoms. The third-order valence-electron chi connectivity index (χ3n) is 5.51. The van der Waals surface area contributed by atoms with Crippen LogP contribution >= 0.6 is 0 Å². The van der Waals surface area contributed by atoms with Gasteiger partial charge in [0.1, 0.15) is 0 Å². The van der Waals surface area contributed by atoms with E-state index >= 15 is 0 Å². The maximum atomic E-state index is 12.5. The van der Waals surface area contributed by atoms with Gasteiger partial charge in [-0.05, 0) is 48.6 Å². The van der Waals surface area contributed by atoms with E-state index in [2.05, 4.69) is 50.4 Å². The highest BCUT2D eigenvalue weighted by Crippen LogP contribution is 2.23. The first kappa shape index (κ1) is 22.4. The molecule has 2 amide bonds. The van der Waals surface area contributed by atoms with E-state index in [1.54, 1.807) is 0 Å². The van der Waals surface area contributed by atoms with Gasteiger partial charge in [0.05, 0.1) is 5.92 Å². The van der Waals surface area contributed by atoms with Crippen molar-refractivity contribution in [1.82, 2.24) is 10.2 Å². The number of carbonyl (C=O) groups is 2. The molecule has 28 heavy (non-hydrogen) atoms. The second-order valence-electron chi connectivity index (χ2n) is 8.91. The minimum atomic E-state index is -0.0921. The number of likely N-dealkylation sites (tertiary alicyclic amines) is 1. The molecule has 3 N–H and O–H groups in total. The number of nitrogens with one attached hydrogen (secondary N) is 1. The predicted octanol–water partition coefficient (Wildman–Crippen LogP) is 3.01. The molecule has 0 saturated carbocycles. The molecule has 156 valence electrons. The summed E-state index contributed by atoms with van der Waals surface area (Å²) in [7, 11) is 0. The molecule has 1 fully saturated rings. The van der Waals surface area contributed by atoms with Crippen LogP contribution in [0.15, 0.2) is 24.3 Å². The van der Waals surface area contributed by atoms with Gasteiger partial charge in [0.2, 0.25) is 11.8 Å². The summed E-state index contributed by atoms with van der Waals surface area (Å²) in [4.78, 5) is 26.5. The Labute approximate surface area is 170 Å². The maximum absolute atomic E-state index is 12.5. The van der Waals surface area contributed by atoms with Crippen LogP contribution in [-0.2, 0) is 21.4 Å². The zero-order valence-corrected chi connectivity index (χ0v) is 17.8. The highest BCUT2D eigenvalue weighted by molar-refractivity contribution is 5.81. The molecule has 1 heterocycles. The van der Waals surface area contributed by atoms with Crippen LogP contribution in [-0.4, -0.2) is 42.9 Å². The number of hydrogen-bond donors (Lipinski definition) is 2. The monoisotopic (exact) mass is 387 g/mol. The van der Waals surface area contributed by atoms with Crippen LogP contribution in [0.25, 0.3) is 0 Å². The molecule has 0 aliphatic carbocycles. The van der Waals surface area contributed by atoms with Crippen molar-refractivity contribution >= 4 is 11.8 Å². The van der Waals surface area contributed by atoms with E-state index in [0.717, 1.165) is 38.6 Å². The zero-order valence-electron chi connectivity index (χ0n) is 17.8. The van der Waals surface area contributed by atoms with Gasteiger partial charge >= 0.3 is 0 Å². The number of aryl methyl sites for hydroxylation is 1. The van der Waals surface area contributed by atoms with Crippen molar-refractivity contribution in [2.45, 2.75) is 64.7 Å². The lowest BCUT2D eigenvalue weighted by molar-refractivity contribution is -0.135. The van der Waals surface area contributed by atoms with Crippen LogP contribution in [0.1, 0.15) is 64.0 Å². The number of hydrogen-bond acceptors (Lipinski definition) is 3. The molecule has 1 atom stereocenters. The first-order valence-corrected chi connectivity index (χ1v) is 10.7. The Morgan fingerprint density at radius 3 is 2.54 bits per heavy atom. The van der Waals surface area contributed by atoms with Gasteiger partial charge in [-0.2, -0.15) is 0 Å². The zero-order chi connectivity index (χ0) is 20.6. The average Bonchev–Trinajstić information content (AvgIpc) is 2.69. The Hall–Kier alpha value is -1.88. The van der Waals surface area contributed by atoms with Crippen molar-refractivity contribution in [3.8, 4) is 0 Å². The second kappa shape index (κ2) is 10.6. The Morgan fingerprint density at radius 2 is 1.89 bits per heavy atom. The molecule has 1 aliphatic rings. The minimum absolute atomic E-state index is 0.0293. The molecule has 0 radical (unpaired) electrons. The van der Waals surface area contributed by atoms with Crippen molar-refractivity contribution in [2.75, 3.05) is 26.2 Å².